The highest BCUT2D eigenvalue weighted by molar-refractivity contribution is 7.95. The smallest absolute Gasteiger partial charge is 0.207 e. The van der Waals surface area contributed by atoms with Gasteiger partial charge in [0, 0.05) is 26.9 Å². The average Bonchev–Trinajstić information content (AvgIpc) is 2.82. The molecule has 0 aliphatic carbocycles. The molecule has 1 atom stereocenters. The van der Waals surface area contributed by atoms with Gasteiger partial charge in [0.05, 0.1) is 16.0 Å². The third-order valence-corrected chi connectivity index (χ3v) is 9.97. The Bertz CT molecular complexity index is 1020. The Morgan fingerprint density at radius 2 is 1.08 bits per heavy atom. The molecule has 0 radical (unpaired) electrons. The van der Waals surface area contributed by atoms with Gasteiger partial charge in [-0.05, 0) is 94.6 Å². The van der Waals surface area contributed by atoms with Gasteiger partial charge in [0.25, 0.3) is 0 Å². The molecule has 5 nitrogen and oxygen atoms in total. The van der Waals surface area contributed by atoms with E-state index < -0.39 is 20.6 Å². The summed E-state index contributed by atoms with van der Waals surface area (Å²) in [6, 6.07) is 0. The molecule has 0 fully saturated rings. The van der Waals surface area contributed by atoms with Crippen LogP contribution in [0.15, 0.2) is 32.1 Å². The molecule has 39 heavy (non-hydrogen) atoms. The molecule has 0 spiro atoms. The van der Waals surface area contributed by atoms with Crippen molar-refractivity contribution in [2.45, 2.75) is 135 Å². The molecule has 0 rings (SSSR count). The van der Waals surface area contributed by atoms with Gasteiger partial charge in [0.2, 0.25) is 5.78 Å². The van der Waals surface area contributed by atoms with E-state index in [1.54, 1.807) is 27.7 Å². The van der Waals surface area contributed by atoms with Crippen LogP contribution in [0.3, 0.4) is 0 Å². The van der Waals surface area contributed by atoms with Crippen LogP contribution in [0.25, 0.3) is 0 Å². The van der Waals surface area contributed by atoms with E-state index in [9.17, 15) is 22.2 Å². The zero-order valence-electron chi connectivity index (χ0n) is 28.2. The highest BCUT2D eigenvalue weighted by atomic mass is 32.2. The van der Waals surface area contributed by atoms with Crippen molar-refractivity contribution < 1.29 is 22.2 Å². The van der Waals surface area contributed by atoms with Gasteiger partial charge in [-0.2, -0.15) is 0 Å². The van der Waals surface area contributed by atoms with Crippen LogP contribution in [-0.2, 0) is 30.2 Å². The number of Topliss-reactive ketones (excluding diaryl/α,β-unsaturated/α-hetero) is 2. The van der Waals surface area contributed by atoms with Crippen molar-refractivity contribution in [3.8, 4) is 11.8 Å². The number of hydrogen-bond donors (Lipinski definition) is 0. The number of carbonyl (C=O) groups excluding carboxylic acids is 2. The van der Waals surface area contributed by atoms with Gasteiger partial charge in [-0.1, -0.05) is 64.2 Å². The first-order chi connectivity index (χ1) is 17.4. The summed E-state index contributed by atoms with van der Waals surface area (Å²) >= 11 is 0. The number of sulfone groups is 1. The van der Waals surface area contributed by atoms with E-state index in [1.165, 1.54) is 5.57 Å². The minimum atomic E-state index is -3.00. The molecule has 228 valence electrons. The molecule has 7 heteroatoms. The number of rotatable bonds is 7. The normalized spacial score (nSPS) is 10.9. The number of allylic oxidation sites excluding steroid dienone is 6. The zero-order chi connectivity index (χ0) is 32.4. The number of hydrogen-bond acceptors (Lipinski definition) is 5. The van der Waals surface area contributed by atoms with Crippen LogP contribution in [0, 0.1) is 23.7 Å². The molecular weight excluding hydrogens is 528 g/mol. The Hall–Kier alpha value is -1.78. The first-order valence-corrected chi connectivity index (χ1v) is 16.2. The highest BCUT2D eigenvalue weighted by Crippen LogP contribution is 2.16. The molecule has 0 aromatic rings. The van der Waals surface area contributed by atoms with Gasteiger partial charge < -0.3 is 0 Å². The summed E-state index contributed by atoms with van der Waals surface area (Å²) in [5.74, 6) is 5.48. The van der Waals surface area contributed by atoms with Gasteiger partial charge in [-0.25, -0.2) is 8.42 Å². The fraction of sp³-hybridized carbons (Fsp3) is 0.688. The molecule has 0 aliphatic heterocycles. The summed E-state index contributed by atoms with van der Waals surface area (Å²) in [7, 11) is -3.76. The third kappa shape index (κ3) is 20.7. The van der Waals surface area contributed by atoms with Crippen molar-refractivity contribution in [3.05, 3.63) is 32.1 Å². The predicted octanol–water partition coefficient (Wildman–Crippen LogP) is 8.38. The van der Waals surface area contributed by atoms with Gasteiger partial charge in [-0.3, -0.25) is 13.8 Å². The molecule has 0 aromatic carbocycles. The maximum atomic E-state index is 11.4. The quantitative estimate of drug-likeness (QED) is 0.170. The lowest BCUT2D eigenvalue weighted by molar-refractivity contribution is -0.118. The van der Waals surface area contributed by atoms with E-state index in [-0.39, 0.29) is 33.9 Å². The topological polar surface area (TPSA) is 85.3 Å². The van der Waals surface area contributed by atoms with Crippen LogP contribution >= 0.6 is 0 Å². The van der Waals surface area contributed by atoms with E-state index in [0.29, 0.717) is 4.91 Å². The summed E-state index contributed by atoms with van der Waals surface area (Å²) in [6.07, 6.45) is 0. The molecule has 0 saturated carbocycles. The fourth-order valence-corrected chi connectivity index (χ4v) is 4.53. The Morgan fingerprint density at radius 1 is 0.667 bits per heavy atom. The van der Waals surface area contributed by atoms with E-state index in [2.05, 4.69) is 11.8 Å². The fourth-order valence-electron chi connectivity index (χ4n) is 2.14. The maximum Gasteiger partial charge on any atom is 0.207 e. The standard InChI is InChI=1S/C9H16O.C8H16O2S.C8H16OS.C7H10O/c1-6(2)8(5)9(10)7(3)4;1-6(2)8(5)11(9,10)7(3)4;1-6(2)8(5)10(9)7(3)4;1-4-5-7(8)6(2)3/h7H,1-5H3;7H,1-5H3;7H,1-5H3;6H,1-3H3. The second-order valence-corrected chi connectivity index (χ2v) is 15.9. The summed E-state index contributed by atoms with van der Waals surface area (Å²) in [4.78, 5) is 23.3. The molecule has 1 unspecified atom stereocenters. The molecule has 0 N–H and O–H groups in total. The van der Waals surface area contributed by atoms with Crippen LogP contribution < -0.4 is 0 Å². The van der Waals surface area contributed by atoms with Crippen LogP contribution in [-0.4, -0.2) is 34.7 Å². The molecule has 0 aromatic heterocycles. The van der Waals surface area contributed by atoms with Crippen molar-refractivity contribution in [1.82, 2.24) is 0 Å². The van der Waals surface area contributed by atoms with E-state index in [0.717, 1.165) is 21.6 Å². The zero-order valence-corrected chi connectivity index (χ0v) is 29.8. The first-order valence-electron chi connectivity index (χ1n) is 13.5. The molecule has 0 saturated heterocycles. The van der Waals surface area contributed by atoms with Gasteiger partial charge in [0.1, 0.15) is 0 Å². The van der Waals surface area contributed by atoms with E-state index >= 15 is 0 Å². The monoisotopic (exact) mass is 586 g/mol. The Labute approximate surface area is 244 Å². The van der Waals surface area contributed by atoms with Crippen molar-refractivity contribution in [2.75, 3.05) is 0 Å². The van der Waals surface area contributed by atoms with Crippen LogP contribution in [0.2, 0.25) is 0 Å². The highest BCUT2D eigenvalue weighted by Gasteiger charge is 2.18. The summed E-state index contributed by atoms with van der Waals surface area (Å²) in [6.45, 7) is 33.6. The Morgan fingerprint density at radius 3 is 1.18 bits per heavy atom. The second kappa shape index (κ2) is 22.0. The second-order valence-electron chi connectivity index (χ2n) is 11.1. The molecule has 0 heterocycles. The van der Waals surface area contributed by atoms with E-state index in [4.69, 9.17) is 0 Å². The molecule has 0 amide bonds. The van der Waals surface area contributed by atoms with Gasteiger partial charge >= 0.3 is 0 Å². The van der Waals surface area contributed by atoms with Crippen LogP contribution in [0.4, 0.5) is 0 Å². The van der Waals surface area contributed by atoms with Crippen molar-refractivity contribution in [1.29, 1.82) is 0 Å². The third-order valence-electron chi connectivity index (χ3n) is 5.60. The minimum absolute atomic E-state index is 0.0208. The number of ketones is 2. The molecular formula is C32H58O5S2. The largest absolute Gasteiger partial charge is 0.294 e. The SMILES string of the molecule is CC#CC(=O)C(C)C.CC(C)=C(C)C(=O)C(C)C.CC(C)=C(C)S(=O)(=O)C(C)C.CC(C)=C(C)S(=O)C(C)C. The lowest BCUT2D eigenvalue weighted by Gasteiger charge is -2.08. The van der Waals surface area contributed by atoms with Crippen LogP contribution in [0.1, 0.15) is 125 Å². The van der Waals surface area contributed by atoms with Gasteiger partial charge in [-0.15, -0.1) is 0 Å². The van der Waals surface area contributed by atoms with E-state index in [1.807, 2.05) is 96.9 Å². The van der Waals surface area contributed by atoms with Crippen molar-refractivity contribution >= 4 is 32.2 Å². The Kier molecular flexibility index (Phi) is 24.9. The minimum Gasteiger partial charge on any atom is -0.294 e. The summed E-state index contributed by atoms with van der Waals surface area (Å²) in [5.41, 5.74) is 4.08. The lowest BCUT2D eigenvalue weighted by Crippen LogP contribution is -2.15. The van der Waals surface area contributed by atoms with Crippen molar-refractivity contribution in [2.24, 2.45) is 11.8 Å². The average molecular weight is 587 g/mol. The van der Waals surface area contributed by atoms with Gasteiger partial charge in [0.15, 0.2) is 15.6 Å². The first kappa shape index (κ1) is 44.2. The van der Waals surface area contributed by atoms with Crippen LogP contribution in [0.5, 0.6) is 0 Å². The van der Waals surface area contributed by atoms with Crippen molar-refractivity contribution in [3.63, 3.8) is 0 Å². The molecule has 0 aliphatic rings. The lowest BCUT2D eigenvalue weighted by atomic mass is 9.99. The Balaban J connectivity index is -0.000000211. The molecule has 0 bridgehead atoms. The number of carbonyl (C=O) groups is 2. The summed E-state index contributed by atoms with van der Waals surface area (Å²) < 4.78 is 34.2. The summed E-state index contributed by atoms with van der Waals surface area (Å²) in [5, 5.41) is -0.0627. The maximum absolute atomic E-state index is 11.4. The predicted molar refractivity (Wildman–Crippen MR) is 173 cm³/mol.